The molecular weight excluding hydrogens is 221 g/mol. The minimum Gasteiger partial charge on any atom is -0.489 e. The van der Waals surface area contributed by atoms with Crippen molar-refractivity contribution in [2.45, 2.75) is 19.9 Å². The molecule has 1 atom stereocenters. The van der Waals surface area contributed by atoms with Crippen LogP contribution in [0.15, 0.2) is 18.2 Å². The van der Waals surface area contributed by atoms with Gasteiger partial charge in [-0.25, -0.2) is 4.39 Å². The Hall–Kier alpha value is -1.13. The summed E-state index contributed by atoms with van der Waals surface area (Å²) in [5.41, 5.74) is 0.600. The van der Waals surface area contributed by atoms with Crippen LogP contribution in [0.25, 0.3) is 0 Å². The van der Waals surface area contributed by atoms with Gasteiger partial charge in [-0.15, -0.1) is 0 Å². The second-order valence-electron chi connectivity index (χ2n) is 4.05. The van der Waals surface area contributed by atoms with E-state index in [1.54, 1.807) is 32.2 Å². The minimum absolute atomic E-state index is 0.269. The molecular formula is C13H20FNO2. The smallest absolute Gasteiger partial charge is 0.167 e. The molecule has 0 saturated carbocycles. The van der Waals surface area contributed by atoms with Crippen LogP contribution in [0.5, 0.6) is 5.75 Å². The van der Waals surface area contributed by atoms with Crippen LogP contribution in [0.1, 0.15) is 12.5 Å². The highest BCUT2D eigenvalue weighted by atomic mass is 19.1. The van der Waals surface area contributed by atoms with E-state index in [2.05, 4.69) is 5.32 Å². The molecule has 0 fully saturated rings. The van der Waals surface area contributed by atoms with E-state index in [-0.39, 0.29) is 11.9 Å². The first-order valence-corrected chi connectivity index (χ1v) is 5.75. The molecule has 1 aromatic carbocycles. The molecule has 0 heterocycles. The SMILES string of the molecule is COCC(C)NCCOc1cccc(C)c1F. The number of rotatable bonds is 7. The first-order chi connectivity index (χ1) is 8.15. The van der Waals surface area contributed by atoms with Gasteiger partial charge in [-0.2, -0.15) is 0 Å². The average Bonchev–Trinajstić information content (AvgIpc) is 2.30. The highest BCUT2D eigenvalue weighted by Crippen LogP contribution is 2.19. The third-order valence-electron chi connectivity index (χ3n) is 2.43. The molecule has 1 rings (SSSR count). The normalized spacial score (nSPS) is 12.5. The highest BCUT2D eigenvalue weighted by Gasteiger charge is 2.05. The Balaban J connectivity index is 2.29. The van der Waals surface area contributed by atoms with Gasteiger partial charge in [0.1, 0.15) is 6.61 Å². The number of hydrogen-bond acceptors (Lipinski definition) is 3. The number of methoxy groups -OCH3 is 1. The number of aryl methyl sites for hydroxylation is 1. The van der Waals surface area contributed by atoms with Crippen molar-refractivity contribution in [2.75, 3.05) is 26.9 Å². The van der Waals surface area contributed by atoms with E-state index in [0.29, 0.717) is 31.1 Å². The number of benzene rings is 1. The van der Waals surface area contributed by atoms with Crippen LogP contribution in [-0.2, 0) is 4.74 Å². The Kier molecular flexibility index (Phi) is 5.94. The van der Waals surface area contributed by atoms with Crippen molar-refractivity contribution in [2.24, 2.45) is 0 Å². The average molecular weight is 241 g/mol. The largest absolute Gasteiger partial charge is 0.489 e. The Morgan fingerprint density at radius 3 is 2.88 bits per heavy atom. The van der Waals surface area contributed by atoms with E-state index in [9.17, 15) is 4.39 Å². The fraction of sp³-hybridized carbons (Fsp3) is 0.538. The van der Waals surface area contributed by atoms with Gasteiger partial charge in [-0.3, -0.25) is 0 Å². The topological polar surface area (TPSA) is 30.5 Å². The molecule has 0 aliphatic carbocycles. The fourth-order valence-corrected chi connectivity index (χ4v) is 1.51. The molecule has 4 heteroatoms. The molecule has 1 aromatic rings. The van der Waals surface area contributed by atoms with E-state index in [1.807, 2.05) is 6.92 Å². The van der Waals surface area contributed by atoms with Gasteiger partial charge >= 0.3 is 0 Å². The van der Waals surface area contributed by atoms with E-state index in [1.165, 1.54) is 0 Å². The van der Waals surface area contributed by atoms with Gasteiger partial charge in [0.25, 0.3) is 0 Å². The predicted molar refractivity (Wildman–Crippen MR) is 66.0 cm³/mol. The van der Waals surface area contributed by atoms with E-state index in [0.717, 1.165) is 0 Å². The molecule has 1 unspecified atom stereocenters. The number of halogens is 1. The summed E-state index contributed by atoms with van der Waals surface area (Å²) in [4.78, 5) is 0. The van der Waals surface area contributed by atoms with Gasteiger partial charge in [0.2, 0.25) is 0 Å². The van der Waals surface area contributed by atoms with Crippen LogP contribution < -0.4 is 10.1 Å². The molecule has 0 spiro atoms. The van der Waals surface area contributed by atoms with E-state index in [4.69, 9.17) is 9.47 Å². The second-order valence-corrected chi connectivity index (χ2v) is 4.05. The van der Waals surface area contributed by atoms with Gasteiger partial charge in [0.05, 0.1) is 6.61 Å². The monoisotopic (exact) mass is 241 g/mol. The molecule has 1 N–H and O–H groups in total. The fourth-order valence-electron chi connectivity index (χ4n) is 1.51. The van der Waals surface area contributed by atoms with E-state index < -0.39 is 0 Å². The second kappa shape index (κ2) is 7.25. The standard InChI is InChI=1S/C13H20FNO2/c1-10-5-4-6-12(13(10)14)17-8-7-15-11(2)9-16-3/h4-6,11,15H,7-9H2,1-3H3. The Labute approximate surface area is 102 Å². The summed E-state index contributed by atoms with van der Waals surface area (Å²) in [7, 11) is 1.66. The summed E-state index contributed by atoms with van der Waals surface area (Å²) in [6.45, 7) is 5.50. The van der Waals surface area contributed by atoms with Crippen molar-refractivity contribution in [3.63, 3.8) is 0 Å². The molecule has 0 amide bonds. The summed E-state index contributed by atoms with van der Waals surface area (Å²) in [5.74, 6) is 0.0311. The van der Waals surface area contributed by atoms with Gasteiger partial charge in [-0.1, -0.05) is 12.1 Å². The molecule has 0 aromatic heterocycles. The zero-order valence-electron chi connectivity index (χ0n) is 10.6. The maximum atomic E-state index is 13.5. The zero-order valence-corrected chi connectivity index (χ0v) is 10.6. The van der Waals surface area contributed by atoms with Crippen molar-refractivity contribution in [1.29, 1.82) is 0 Å². The molecule has 0 saturated heterocycles. The van der Waals surface area contributed by atoms with Gasteiger partial charge in [0, 0.05) is 19.7 Å². The Morgan fingerprint density at radius 2 is 2.18 bits per heavy atom. The molecule has 17 heavy (non-hydrogen) atoms. The third kappa shape index (κ3) is 4.71. The first-order valence-electron chi connectivity index (χ1n) is 5.75. The molecule has 0 bridgehead atoms. The minimum atomic E-state index is -0.280. The zero-order chi connectivity index (χ0) is 12.7. The predicted octanol–water partition coefficient (Wildman–Crippen LogP) is 2.14. The van der Waals surface area contributed by atoms with Gasteiger partial charge in [0.15, 0.2) is 11.6 Å². The number of ether oxygens (including phenoxy) is 2. The maximum absolute atomic E-state index is 13.5. The number of nitrogens with one attached hydrogen (secondary N) is 1. The van der Waals surface area contributed by atoms with Crippen LogP contribution >= 0.6 is 0 Å². The first kappa shape index (κ1) is 13.9. The number of hydrogen-bond donors (Lipinski definition) is 1. The summed E-state index contributed by atoms with van der Waals surface area (Å²) < 4.78 is 23.9. The third-order valence-corrected chi connectivity index (χ3v) is 2.43. The van der Waals surface area contributed by atoms with Gasteiger partial charge in [-0.05, 0) is 25.5 Å². The molecule has 3 nitrogen and oxygen atoms in total. The van der Waals surface area contributed by atoms with Crippen LogP contribution in [-0.4, -0.2) is 32.9 Å². The van der Waals surface area contributed by atoms with Crippen LogP contribution in [0.2, 0.25) is 0 Å². The summed E-state index contributed by atoms with van der Waals surface area (Å²) in [6, 6.07) is 5.42. The molecule has 96 valence electrons. The molecule has 0 aliphatic heterocycles. The van der Waals surface area contributed by atoms with Crippen LogP contribution in [0.3, 0.4) is 0 Å². The van der Waals surface area contributed by atoms with Crippen molar-refractivity contribution >= 4 is 0 Å². The van der Waals surface area contributed by atoms with Gasteiger partial charge < -0.3 is 14.8 Å². The lowest BCUT2D eigenvalue weighted by molar-refractivity contribution is 0.168. The maximum Gasteiger partial charge on any atom is 0.167 e. The lowest BCUT2D eigenvalue weighted by Crippen LogP contribution is -2.33. The Morgan fingerprint density at radius 1 is 1.41 bits per heavy atom. The lowest BCUT2D eigenvalue weighted by atomic mass is 10.2. The summed E-state index contributed by atoms with van der Waals surface area (Å²) >= 11 is 0. The van der Waals surface area contributed by atoms with Crippen molar-refractivity contribution < 1.29 is 13.9 Å². The summed E-state index contributed by atoms with van der Waals surface area (Å²) in [5, 5.41) is 3.22. The molecule has 0 radical (unpaired) electrons. The van der Waals surface area contributed by atoms with Crippen LogP contribution in [0, 0.1) is 12.7 Å². The van der Waals surface area contributed by atoms with E-state index >= 15 is 0 Å². The van der Waals surface area contributed by atoms with Crippen LogP contribution in [0.4, 0.5) is 4.39 Å². The van der Waals surface area contributed by atoms with Crippen molar-refractivity contribution in [1.82, 2.24) is 5.32 Å². The lowest BCUT2D eigenvalue weighted by Gasteiger charge is -2.13. The van der Waals surface area contributed by atoms with Crippen molar-refractivity contribution in [3.8, 4) is 5.75 Å². The highest BCUT2D eigenvalue weighted by molar-refractivity contribution is 5.29. The molecule has 0 aliphatic rings. The quantitative estimate of drug-likeness (QED) is 0.742. The summed E-state index contributed by atoms with van der Waals surface area (Å²) in [6.07, 6.45) is 0. The Bertz CT molecular complexity index is 344. The van der Waals surface area contributed by atoms with Crippen molar-refractivity contribution in [3.05, 3.63) is 29.6 Å².